The number of ether oxygens (including phenoxy) is 2. The first-order chi connectivity index (χ1) is 17.6. The third kappa shape index (κ3) is 8.75. The fourth-order valence-corrected chi connectivity index (χ4v) is 5.44. The van der Waals surface area contributed by atoms with Gasteiger partial charge in [0.15, 0.2) is 0 Å². The minimum absolute atomic E-state index is 0.00584. The highest BCUT2D eigenvalue weighted by Crippen LogP contribution is 2.24. The second kappa shape index (κ2) is 12.1. The first-order valence-corrected chi connectivity index (χ1v) is 14.7. The number of hydroxylamine groups is 2. The van der Waals surface area contributed by atoms with E-state index in [9.17, 15) is 21.6 Å². The molecule has 3 rings (SSSR count). The van der Waals surface area contributed by atoms with Gasteiger partial charge in [0, 0.05) is 0 Å². The number of carbonyl (C=O) groups is 1. The van der Waals surface area contributed by atoms with Gasteiger partial charge in [-0.3, -0.25) is 8.37 Å². The van der Waals surface area contributed by atoms with Gasteiger partial charge in [-0.1, -0.05) is 35.4 Å². The Morgan fingerprint density at radius 2 is 1.32 bits per heavy atom. The zero-order chi connectivity index (χ0) is 28.1. The summed E-state index contributed by atoms with van der Waals surface area (Å²) < 4.78 is 71.9. The Balaban J connectivity index is 1.65. The van der Waals surface area contributed by atoms with Gasteiger partial charge in [-0.05, 0) is 58.9 Å². The van der Waals surface area contributed by atoms with Crippen LogP contribution in [0.15, 0.2) is 58.3 Å². The highest BCUT2D eigenvalue weighted by Gasteiger charge is 2.40. The molecule has 0 bridgehead atoms. The van der Waals surface area contributed by atoms with Crippen molar-refractivity contribution >= 4 is 26.4 Å². The summed E-state index contributed by atoms with van der Waals surface area (Å²) in [6, 6.07) is 12.3. The topological polar surface area (TPSA) is 135 Å². The summed E-state index contributed by atoms with van der Waals surface area (Å²) in [7, 11) is -8.18. The van der Waals surface area contributed by atoms with E-state index >= 15 is 0 Å². The Hall–Kier alpha value is -2.55. The molecule has 0 saturated carbocycles. The molecule has 2 atom stereocenters. The van der Waals surface area contributed by atoms with E-state index in [0.717, 1.165) is 11.1 Å². The van der Waals surface area contributed by atoms with E-state index in [4.69, 9.17) is 22.7 Å². The molecular formula is C25H33NO10S2. The molecule has 2 aromatic rings. The van der Waals surface area contributed by atoms with Crippen LogP contribution in [0, 0.1) is 13.8 Å². The molecule has 1 heterocycles. The number of hydrogen-bond acceptors (Lipinski definition) is 11. The summed E-state index contributed by atoms with van der Waals surface area (Å²) in [6.45, 7) is 8.00. The summed E-state index contributed by atoms with van der Waals surface area (Å²) in [5, 5.41) is 1.18. The van der Waals surface area contributed by atoms with Crippen molar-refractivity contribution in [3.8, 4) is 0 Å². The van der Waals surface area contributed by atoms with Crippen molar-refractivity contribution in [1.82, 2.24) is 5.06 Å². The van der Waals surface area contributed by atoms with E-state index in [1.807, 2.05) is 13.8 Å². The van der Waals surface area contributed by atoms with Crippen LogP contribution in [0.4, 0.5) is 4.79 Å². The predicted octanol–water partition coefficient (Wildman–Crippen LogP) is 3.35. The molecule has 38 heavy (non-hydrogen) atoms. The molecule has 1 fully saturated rings. The van der Waals surface area contributed by atoms with Gasteiger partial charge in [-0.15, -0.1) is 5.06 Å². The van der Waals surface area contributed by atoms with E-state index < -0.39 is 44.2 Å². The molecular weight excluding hydrogens is 538 g/mol. The Morgan fingerprint density at radius 3 is 1.84 bits per heavy atom. The predicted molar refractivity (Wildman–Crippen MR) is 136 cm³/mol. The molecule has 1 saturated heterocycles. The van der Waals surface area contributed by atoms with Gasteiger partial charge >= 0.3 is 6.16 Å². The maximum absolute atomic E-state index is 12.9. The quantitative estimate of drug-likeness (QED) is 0.236. The van der Waals surface area contributed by atoms with Crippen LogP contribution in [-0.2, 0) is 42.9 Å². The number of nitrogens with zero attached hydrogens (tertiary/aromatic N) is 1. The van der Waals surface area contributed by atoms with Crippen LogP contribution in [0.2, 0.25) is 0 Å². The third-order valence-electron chi connectivity index (χ3n) is 5.30. The zero-order valence-electron chi connectivity index (χ0n) is 21.9. The summed E-state index contributed by atoms with van der Waals surface area (Å²) >= 11 is 0. The van der Waals surface area contributed by atoms with E-state index in [2.05, 4.69) is 0 Å². The summed E-state index contributed by atoms with van der Waals surface area (Å²) in [5.74, 6) is 0. The SMILES string of the molecule is Cc1ccc(S(=O)(=O)OCCO[C@@H]2CN(OC(=O)OC(C)(C)C)C[C@H]2OS(=O)(=O)c2ccc(C)cc2)cc1. The summed E-state index contributed by atoms with van der Waals surface area (Å²) in [4.78, 5) is 17.3. The minimum Gasteiger partial charge on any atom is -0.427 e. The molecule has 11 nitrogen and oxygen atoms in total. The molecule has 0 aromatic heterocycles. The lowest BCUT2D eigenvalue weighted by Crippen LogP contribution is -2.33. The van der Waals surface area contributed by atoms with Crippen molar-refractivity contribution in [3.05, 3.63) is 59.7 Å². The van der Waals surface area contributed by atoms with Gasteiger partial charge in [0.1, 0.15) is 17.8 Å². The lowest BCUT2D eigenvalue weighted by atomic mass is 10.2. The molecule has 0 radical (unpaired) electrons. The molecule has 1 aliphatic heterocycles. The summed E-state index contributed by atoms with van der Waals surface area (Å²) in [5.41, 5.74) is 0.986. The average molecular weight is 572 g/mol. The fraction of sp³-hybridized carbons (Fsp3) is 0.480. The van der Waals surface area contributed by atoms with Gasteiger partial charge < -0.3 is 14.3 Å². The zero-order valence-corrected chi connectivity index (χ0v) is 23.6. The van der Waals surface area contributed by atoms with E-state index in [1.165, 1.54) is 29.3 Å². The third-order valence-corrected chi connectivity index (χ3v) is 7.97. The van der Waals surface area contributed by atoms with Crippen molar-refractivity contribution in [2.24, 2.45) is 0 Å². The Bertz CT molecular complexity index is 1300. The van der Waals surface area contributed by atoms with Crippen LogP contribution in [0.3, 0.4) is 0 Å². The van der Waals surface area contributed by atoms with E-state index in [0.29, 0.717) is 0 Å². The summed E-state index contributed by atoms with van der Waals surface area (Å²) in [6.07, 6.45) is -2.91. The molecule has 0 aliphatic carbocycles. The smallest absolute Gasteiger partial charge is 0.427 e. The van der Waals surface area contributed by atoms with Crippen LogP contribution < -0.4 is 0 Å². The molecule has 0 amide bonds. The van der Waals surface area contributed by atoms with Crippen molar-refractivity contribution in [2.45, 2.75) is 62.2 Å². The molecule has 0 spiro atoms. The standard InChI is InChI=1S/C25H33NO10S2/c1-18-6-10-20(11-7-18)37(28,29)33-15-14-32-22-16-26(35-24(27)34-25(3,4)5)17-23(22)36-38(30,31)21-12-8-19(2)9-13-21/h6-13,22-23H,14-17H2,1-5H3/t22-,23-/m1/s1. The van der Waals surface area contributed by atoms with Crippen LogP contribution in [-0.4, -0.2) is 72.2 Å². The van der Waals surface area contributed by atoms with E-state index in [1.54, 1.807) is 45.0 Å². The average Bonchev–Trinajstić information content (AvgIpc) is 3.15. The van der Waals surface area contributed by atoms with Gasteiger partial charge in [0.2, 0.25) is 0 Å². The minimum atomic E-state index is -4.17. The second-order valence-corrected chi connectivity index (χ2v) is 13.0. The monoisotopic (exact) mass is 571 g/mol. The highest BCUT2D eigenvalue weighted by molar-refractivity contribution is 7.87. The normalized spacial score (nSPS) is 18.9. The van der Waals surface area contributed by atoms with Gasteiger partial charge in [-0.25, -0.2) is 4.79 Å². The Labute approximate surface area is 223 Å². The Kier molecular flexibility index (Phi) is 9.55. The number of rotatable bonds is 10. The Morgan fingerprint density at radius 1 is 0.816 bits per heavy atom. The van der Waals surface area contributed by atoms with Crippen LogP contribution in [0.25, 0.3) is 0 Å². The van der Waals surface area contributed by atoms with Crippen LogP contribution in [0.5, 0.6) is 0 Å². The first kappa shape index (κ1) is 30.0. The van der Waals surface area contributed by atoms with Crippen molar-refractivity contribution in [1.29, 1.82) is 0 Å². The molecule has 210 valence electrons. The first-order valence-electron chi connectivity index (χ1n) is 11.9. The molecule has 0 unspecified atom stereocenters. The molecule has 0 N–H and O–H groups in total. The van der Waals surface area contributed by atoms with Crippen LogP contribution >= 0.6 is 0 Å². The second-order valence-electron chi connectivity index (χ2n) is 9.80. The van der Waals surface area contributed by atoms with Gasteiger partial charge in [-0.2, -0.15) is 16.8 Å². The molecule has 2 aromatic carbocycles. The molecule has 13 heteroatoms. The fourth-order valence-electron chi connectivity index (χ4n) is 3.45. The molecule has 1 aliphatic rings. The van der Waals surface area contributed by atoms with Gasteiger partial charge in [0.05, 0.1) is 36.1 Å². The number of carbonyl (C=O) groups excluding carboxylic acids is 1. The highest BCUT2D eigenvalue weighted by atomic mass is 32.2. The number of benzene rings is 2. The van der Waals surface area contributed by atoms with E-state index in [-0.39, 0.29) is 36.1 Å². The maximum atomic E-state index is 12.9. The number of aryl methyl sites for hydroxylation is 2. The number of hydrogen-bond donors (Lipinski definition) is 0. The largest absolute Gasteiger partial charge is 0.528 e. The van der Waals surface area contributed by atoms with Crippen molar-refractivity contribution in [2.75, 3.05) is 26.3 Å². The van der Waals surface area contributed by atoms with Crippen molar-refractivity contribution < 1.29 is 44.3 Å². The van der Waals surface area contributed by atoms with Crippen molar-refractivity contribution in [3.63, 3.8) is 0 Å². The van der Waals surface area contributed by atoms with Gasteiger partial charge in [0.25, 0.3) is 20.2 Å². The van der Waals surface area contributed by atoms with Crippen LogP contribution in [0.1, 0.15) is 31.9 Å². The lowest BCUT2D eigenvalue weighted by molar-refractivity contribution is -0.136. The maximum Gasteiger partial charge on any atom is 0.528 e. The lowest BCUT2D eigenvalue weighted by Gasteiger charge is -2.21.